The molecule has 5 nitrogen and oxygen atoms in total. The molecule has 1 saturated heterocycles. The third-order valence-corrected chi connectivity index (χ3v) is 4.62. The van der Waals surface area contributed by atoms with Crippen molar-refractivity contribution in [1.29, 1.82) is 0 Å². The summed E-state index contributed by atoms with van der Waals surface area (Å²) in [5.74, 6) is 0.142. The van der Waals surface area contributed by atoms with Crippen molar-refractivity contribution in [2.75, 3.05) is 23.7 Å². The smallest absolute Gasteiger partial charge is 0.261 e. The number of anilines is 2. The van der Waals surface area contributed by atoms with Gasteiger partial charge in [-0.25, -0.2) is 0 Å². The van der Waals surface area contributed by atoms with Crippen molar-refractivity contribution in [3.05, 3.63) is 4.88 Å². The molecule has 1 amide bonds. The van der Waals surface area contributed by atoms with Gasteiger partial charge in [-0.1, -0.05) is 12.8 Å². The summed E-state index contributed by atoms with van der Waals surface area (Å²) in [4.78, 5) is 14.2. The van der Waals surface area contributed by atoms with Crippen molar-refractivity contribution < 1.29 is 9.53 Å². The minimum atomic E-state index is -0.484. The first kappa shape index (κ1) is 15.0. The first-order valence-electron chi connectivity index (χ1n) is 7.14. The first-order valence-corrected chi connectivity index (χ1v) is 7.96. The first-order chi connectivity index (χ1) is 9.50. The van der Waals surface area contributed by atoms with Gasteiger partial charge in [0.1, 0.15) is 15.6 Å². The maximum absolute atomic E-state index is 11.5. The lowest BCUT2D eigenvalue weighted by Crippen LogP contribution is -2.24. The zero-order chi connectivity index (χ0) is 14.7. The SMILES string of the molecule is CC(C)Oc1c(N2CCCCCC2)sc(C(N)=O)c1N. The highest BCUT2D eigenvalue weighted by atomic mass is 32.1. The molecule has 1 aromatic heterocycles. The number of amides is 1. The molecule has 0 unspecified atom stereocenters. The molecular weight excluding hydrogens is 274 g/mol. The third-order valence-electron chi connectivity index (χ3n) is 3.35. The summed E-state index contributed by atoms with van der Waals surface area (Å²) in [6.45, 7) is 5.86. The highest BCUT2D eigenvalue weighted by Gasteiger charge is 2.25. The fourth-order valence-corrected chi connectivity index (χ4v) is 3.49. The molecule has 112 valence electrons. The van der Waals surface area contributed by atoms with E-state index >= 15 is 0 Å². The van der Waals surface area contributed by atoms with Gasteiger partial charge < -0.3 is 21.1 Å². The fourth-order valence-electron chi connectivity index (χ4n) is 2.43. The number of hydrogen-bond donors (Lipinski definition) is 2. The third kappa shape index (κ3) is 3.17. The van der Waals surface area contributed by atoms with Crippen LogP contribution in [0.5, 0.6) is 5.75 Å². The quantitative estimate of drug-likeness (QED) is 0.895. The molecule has 20 heavy (non-hydrogen) atoms. The minimum absolute atomic E-state index is 0.0124. The van der Waals surface area contributed by atoms with Crippen LogP contribution >= 0.6 is 11.3 Å². The number of carbonyl (C=O) groups is 1. The Bertz CT molecular complexity index is 477. The van der Waals surface area contributed by atoms with E-state index in [1.807, 2.05) is 13.8 Å². The summed E-state index contributed by atoms with van der Waals surface area (Å²) < 4.78 is 5.84. The molecule has 0 atom stereocenters. The number of rotatable bonds is 4. The molecule has 1 fully saturated rings. The van der Waals surface area contributed by atoms with E-state index in [1.165, 1.54) is 24.2 Å². The fraction of sp³-hybridized carbons (Fsp3) is 0.643. The van der Waals surface area contributed by atoms with E-state index in [9.17, 15) is 4.79 Å². The van der Waals surface area contributed by atoms with E-state index in [0.717, 1.165) is 30.9 Å². The Balaban J connectivity index is 2.38. The highest BCUT2D eigenvalue weighted by Crippen LogP contribution is 2.45. The van der Waals surface area contributed by atoms with Crippen LogP contribution in [-0.4, -0.2) is 25.1 Å². The van der Waals surface area contributed by atoms with Crippen LogP contribution in [0.25, 0.3) is 0 Å². The minimum Gasteiger partial charge on any atom is -0.486 e. The van der Waals surface area contributed by atoms with Gasteiger partial charge in [0.05, 0.1) is 6.10 Å². The molecule has 1 aromatic rings. The van der Waals surface area contributed by atoms with Gasteiger partial charge in [0.2, 0.25) is 0 Å². The van der Waals surface area contributed by atoms with Crippen LogP contribution < -0.4 is 21.1 Å². The molecule has 0 bridgehead atoms. The van der Waals surface area contributed by atoms with Crippen molar-refractivity contribution in [3.63, 3.8) is 0 Å². The molecule has 6 heteroatoms. The molecule has 0 spiro atoms. The van der Waals surface area contributed by atoms with Gasteiger partial charge in [-0.3, -0.25) is 4.79 Å². The van der Waals surface area contributed by atoms with E-state index in [0.29, 0.717) is 16.3 Å². The van der Waals surface area contributed by atoms with Gasteiger partial charge >= 0.3 is 0 Å². The molecule has 0 saturated carbocycles. The molecule has 2 heterocycles. The lowest BCUT2D eigenvalue weighted by molar-refractivity contribution is 0.100. The largest absolute Gasteiger partial charge is 0.486 e. The summed E-state index contributed by atoms with van der Waals surface area (Å²) >= 11 is 1.35. The van der Waals surface area contributed by atoms with Crippen LogP contribution in [0.15, 0.2) is 0 Å². The van der Waals surface area contributed by atoms with Crippen LogP contribution in [-0.2, 0) is 0 Å². The zero-order valence-corrected chi connectivity index (χ0v) is 13.0. The number of thiophene rings is 1. The summed E-state index contributed by atoms with van der Waals surface area (Å²) in [5, 5.41) is 0.951. The number of carbonyl (C=O) groups excluding carboxylic acids is 1. The summed E-state index contributed by atoms with van der Waals surface area (Å²) in [7, 11) is 0. The Morgan fingerprint density at radius 3 is 2.35 bits per heavy atom. The van der Waals surface area contributed by atoms with Gasteiger partial charge in [0, 0.05) is 13.1 Å². The van der Waals surface area contributed by atoms with Gasteiger partial charge in [-0.15, -0.1) is 11.3 Å². The van der Waals surface area contributed by atoms with Crippen LogP contribution in [0.4, 0.5) is 10.7 Å². The van der Waals surface area contributed by atoms with Gasteiger partial charge in [0.25, 0.3) is 5.91 Å². The van der Waals surface area contributed by atoms with Gasteiger partial charge in [0.15, 0.2) is 5.75 Å². The molecule has 0 aromatic carbocycles. The van der Waals surface area contributed by atoms with E-state index < -0.39 is 5.91 Å². The number of primary amides is 1. The van der Waals surface area contributed by atoms with Crippen molar-refractivity contribution in [3.8, 4) is 5.75 Å². The van der Waals surface area contributed by atoms with Gasteiger partial charge in [-0.05, 0) is 26.7 Å². The number of nitrogen functional groups attached to an aromatic ring is 1. The Kier molecular flexibility index (Phi) is 4.75. The Hall–Kier alpha value is -1.43. The summed E-state index contributed by atoms with van der Waals surface area (Å²) in [6.07, 6.45) is 4.83. The Labute approximate surface area is 123 Å². The Morgan fingerprint density at radius 2 is 1.85 bits per heavy atom. The standard InChI is InChI=1S/C14H23N3O2S/c1-9(2)19-11-10(15)12(13(16)18)20-14(11)17-7-5-3-4-6-8-17/h9H,3-8,15H2,1-2H3,(H2,16,18). The van der Waals surface area contributed by atoms with Gasteiger partial charge in [-0.2, -0.15) is 0 Å². The van der Waals surface area contributed by atoms with Crippen LogP contribution in [0, 0.1) is 0 Å². The van der Waals surface area contributed by atoms with Crippen LogP contribution in [0.3, 0.4) is 0 Å². The second kappa shape index (κ2) is 6.35. The number of nitrogens with zero attached hydrogens (tertiary/aromatic N) is 1. The lowest BCUT2D eigenvalue weighted by Gasteiger charge is -2.23. The second-order valence-electron chi connectivity index (χ2n) is 5.41. The molecular formula is C14H23N3O2S. The molecule has 1 aliphatic heterocycles. The van der Waals surface area contributed by atoms with Crippen molar-refractivity contribution >= 4 is 27.9 Å². The van der Waals surface area contributed by atoms with Crippen molar-refractivity contribution in [2.24, 2.45) is 5.73 Å². The van der Waals surface area contributed by atoms with Crippen molar-refractivity contribution in [2.45, 2.75) is 45.6 Å². The molecule has 0 aliphatic carbocycles. The van der Waals surface area contributed by atoms with Crippen LogP contribution in [0.1, 0.15) is 49.2 Å². The topological polar surface area (TPSA) is 81.6 Å². The summed E-state index contributed by atoms with van der Waals surface area (Å²) in [5.41, 5.74) is 11.8. The van der Waals surface area contributed by atoms with Crippen molar-refractivity contribution in [1.82, 2.24) is 0 Å². The van der Waals surface area contributed by atoms with Crippen LogP contribution in [0.2, 0.25) is 0 Å². The zero-order valence-electron chi connectivity index (χ0n) is 12.1. The average Bonchev–Trinajstić information content (AvgIpc) is 2.57. The predicted molar refractivity (Wildman–Crippen MR) is 83.7 cm³/mol. The maximum Gasteiger partial charge on any atom is 0.261 e. The van der Waals surface area contributed by atoms with E-state index in [2.05, 4.69) is 4.90 Å². The maximum atomic E-state index is 11.5. The molecule has 1 aliphatic rings. The normalized spacial score (nSPS) is 16.2. The molecule has 0 radical (unpaired) electrons. The highest BCUT2D eigenvalue weighted by molar-refractivity contribution is 7.19. The lowest BCUT2D eigenvalue weighted by atomic mass is 10.2. The monoisotopic (exact) mass is 297 g/mol. The molecule has 2 rings (SSSR count). The van der Waals surface area contributed by atoms with E-state index in [-0.39, 0.29) is 6.10 Å². The second-order valence-corrected chi connectivity index (χ2v) is 6.41. The Morgan fingerprint density at radius 1 is 1.25 bits per heavy atom. The number of nitrogens with two attached hydrogens (primary N) is 2. The predicted octanol–water partition coefficient (Wildman–Crippen LogP) is 2.60. The van der Waals surface area contributed by atoms with E-state index in [1.54, 1.807) is 0 Å². The summed E-state index contributed by atoms with van der Waals surface area (Å²) in [6, 6.07) is 0. The molecule has 4 N–H and O–H groups in total. The average molecular weight is 297 g/mol. The number of ether oxygens (including phenoxy) is 1. The van der Waals surface area contributed by atoms with E-state index in [4.69, 9.17) is 16.2 Å². The number of hydrogen-bond acceptors (Lipinski definition) is 5.